The lowest BCUT2D eigenvalue weighted by atomic mass is 10.0. The van der Waals surface area contributed by atoms with Gasteiger partial charge in [-0.15, -0.1) is 0 Å². The van der Waals surface area contributed by atoms with Crippen molar-refractivity contribution in [1.82, 2.24) is 34.1 Å². The van der Waals surface area contributed by atoms with Gasteiger partial charge < -0.3 is 9.15 Å². The number of furan rings is 1. The first-order valence-corrected chi connectivity index (χ1v) is 13.1. The summed E-state index contributed by atoms with van der Waals surface area (Å²) in [6, 6.07) is 5.50. The van der Waals surface area contributed by atoms with Gasteiger partial charge in [0.2, 0.25) is 0 Å². The molecule has 5 aromatic rings. The van der Waals surface area contributed by atoms with Crippen LogP contribution in [0.25, 0.3) is 39.3 Å². The Bertz CT molecular complexity index is 1510. The molecule has 0 radical (unpaired) electrons. The van der Waals surface area contributed by atoms with Crippen molar-refractivity contribution in [2.24, 2.45) is 7.05 Å². The summed E-state index contributed by atoms with van der Waals surface area (Å²) in [7, 11) is 1.82. The van der Waals surface area contributed by atoms with E-state index in [1.807, 2.05) is 65.3 Å². The molecule has 1 fully saturated rings. The Balaban J connectivity index is 0.000000765. The first kappa shape index (κ1) is 26.3. The van der Waals surface area contributed by atoms with Crippen molar-refractivity contribution in [3.8, 4) is 17.1 Å². The fraction of sp³-hybridized carbons (Fsp3) is 0.444. The zero-order chi connectivity index (χ0) is 26.5. The Morgan fingerprint density at radius 2 is 1.92 bits per heavy atom. The number of pyridine rings is 1. The Labute approximate surface area is 215 Å². The molecule has 0 aromatic carbocycles. The molecule has 6 rings (SSSR count). The van der Waals surface area contributed by atoms with Crippen LogP contribution in [-0.2, 0) is 11.8 Å². The second-order valence-electron chi connectivity index (χ2n) is 8.34. The molecule has 196 valence electrons. The smallest absolute Gasteiger partial charge is 0.349 e. The third-order valence-electron chi connectivity index (χ3n) is 6.24. The van der Waals surface area contributed by atoms with Crippen LogP contribution in [-0.4, -0.2) is 46.8 Å². The quantitative estimate of drug-likeness (QED) is 0.326. The van der Waals surface area contributed by atoms with E-state index in [4.69, 9.17) is 14.1 Å². The molecule has 1 aliphatic heterocycles. The lowest BCUT2D eigenvalue weighted by molar-refractivity contribution is -0.00710. The van der Waals surface area contributed by atoms with E-state index in [1.54, 1.807) is 26.3 Å². The van der Waals surface area contributed by atoms with Gasteiger partial charge in [-0.1, -0.05) is 34.6 Å². The average molecular weight is 506 g/mol. The Morgan fingerprint density at radius 1 is 1.11 bits per heavy atom. The minimum Gasteiger partial charge on any atom is -0.450 e. The van der Waals surface area contributed by atoms with Crippen LogP contribution >= 0.6 is 0 Å². The lowest BCUT2D eigenvalue weighted by Gasteiger charge is -2.30. The topological polar surface area (TPSA) is 106 Å². The number of nitrogens with zero attached hydrogens (tertiary/aromatic N) is 7. The number of ether oxygens (including phenoxy) is 1. The van der Waals surface area contributed by atoms with Crippen LogP contribution in [0.15, 0.2) is 52.2 Å². The van der Waals surface area contributed by atoms with E-state index in [0.717, 1.165) is 24.8 Å². The number of hydrogen-bond donors (Lipinski definition) is 0. The molecular weight excluding hydrogens is 470 g/mol. The van der Waals surface area contributed by atoms with Crippen molar-refractivity contribution >= 4 is 22.2 Å². The summed E-state index contributed by atoms with van der Waals surface area (Å²) in [6.07, 6.45) is 9.50. The molecule has 0 bridgehead atoms. The summed E-state index contributed by atoms with van der Waals surface area (Å²) >= 11 is 0. The van der Waals surface area contributed by atoms with Crippen LogP contribution in [0, 0.1) is 0 Å². The molecule has 37 heavy (non-hydrogen) atoms. The van der Waals surface area contributed by atoms with Crippen LogP contribution < -0.4 is 5.69 Å². The highest BCUT2D eigenvalue weighted by Gasteiger charge is 2.29. The maximum absolute atomic E-state index is 13.5. The molecule has 2 unspecified atom stereocenters. The largest absolute Gasteiger partial charge is 0.450 e. The second-order valence-corrected chi connectivity index (χ2v) is 8.34. The Kier molecular flexibility index (Phi) is 8.17. The molecule has 0 saturated carbocycles. The standard InChI is InChI=1S/C23H23N7O3.2C2H6/c1-3-16-11-15(7-10-32-16)30-21-20-17(5-6-18(26-20)29-9-4-8-24-29)33-22(21)19(27-23(30)31)14-12-25-28(2)13-14;2*1-2/h4-6,8-9,12-13,15-16H,3,7,10-11H2,1-2H3;2*1-2H3. The van der Waals surface area contributed by atoms with Crippen LogP contribution in [0.2, 0.25) is 0 Å². The van der Waals surface area contributed by atoms with E-state index in [2.05, 4.69) is 22.1 Å². The molecule has 6 heterocycles. The molecule has 0 spiro atoms. The van der Waals surface area contributed by atoms with Crippen LogP contribution in [0.1, 0.15) is 59.9 Å². The summed E-state index contributed by atoms with van der Waals surface area (Å²) in [5.74, 6) is 0.646. The van der Waals surface area contributed by atoms with E-state index in [-0.39, 0.29) is 17.8 Å². The summed E-state index contributed by atoms with van der Waals surface area (Å²) in [5, 5.41) is 8.54. The second kappa shape index (κ2) is 11.5. The van der Waals surface area contributed by atoms with Crippen molar-refractivity contribution in [3.05, 3.63) is 53.5 Å². The van der Waals surface area contributed by atoms with Gasteiger partial charge in [0.15, 0.2) is 17.0 Å². The molecule has 10 heteroatoms. The molecule has 0 N–H and O–H groups in total. The minimum absolute atomic E-state index is 0.0508. The third kappa shape index (κ3) is 4.93. The van der Waals surface area contributed by atoms with Gasteiger partial charge in [-0.05, 0) is 37.5 Å². The van der Waals surface area contributed by atoms with Gasteiger partial charge in [-0.3, -0.25) is 9.25 Å². The fourth-order valence-corrected chi connectivity index (χ4v) is 4.62. The molecule has 1 aliphatic rings. The molecule has 10 nitrogen and oxygen atoms in total. The van der Waals surface area contributed by atoms with Crippen LogP contribution in [0.5, 0.6) is 0 Å². The minimum atomic E-state index is -0.322. The van der Waals surface area contributed by atoms with Crippen molar-refractivity contribution in [2.45, 2.75) is 66.0 Å². The fourth-order valence-electron chi connectivity index (χ4n) is 4.62. The zero-order valence-corrected chi connectivity index (χ0v) is 22.4. The van der Waals surface area contributed by atoms with Gasteiger partial charge in [0, 0.05) is 43.9 Å². The molecule has 5 aromatic heterocycles. The number of rotatable bonds is 4. The van der Waals surface area contributed by atoms with E-state index < -0.39 is 0 Å². The first-order valence-electron chi connectivity index (χ1n) is 13.1. The van der Waals surface area contributed by atoms with E-state index in [0.29, 0.717) is 40.3 Å². The lowest BCUT2D eigenvalue weighted by Crippen LogP contribution is -2.34. The predicted molar refractivity (Wildman–Crippen MR) is 144 cm³/mol. The van der Waals surface area contributed by atoms with E-state index in [1.165, 1.54) is 0 Å². The summed E-state index contributed by atoms with van der Waals surface area (Å²) in [5.41, 5.74) is 3.25. The zero-order valence-electron chi connectivity index (χ0n) is 22.4. The van der Waals surface area contributed by atoms with Crippen LogP contribution in [0.4, 0.5) is 0 Å². The number of fused-ring (bicyclic) bond motifs is 3. The highest BCUT2D eigenvalue weighted by atomic mass is 16.5. The van der Waals surface area contributed by atoms with Gasteiger partial charge in [0.25, 0.3) is 0 Å². The molecule has 2 atom stereocenters. The third-order valence-corrected chi connectivity index (χ3v) is 6.24. The van der Waals surface area contributed by atoms with Gasteiger partial charge in [0.1, 0.15) is 16.7 Å². The van der Waals surface area contributed by atoms with Crippen molar-refractivity contribution < 1.29 is 9.15 Å². The molecule has 0 amide bonds. The van der Waals surface area contributed by atoms with Crippen molar-refractivity contribution in [2.75, 3.05) is 6.61 Å². The van der Waals surface area contributed by atoms with Gasteiger partial charge in [-0.25, -0.2) is 14.5 Å². The predicted octanol–water partition coefficient (Wildman–Crippen LogP) is 5.31. The summed E-state index contributed by atoms with van der Waals surface area (Å²) in [6.45, 7) is 10.7. The summed E-state index contributed by atoms with van der Waals surface area (Å²) in [4.78, 5) is 22.8. The first-order chi connectivity index (χ1) is 18.1. The average Bonchev–Trinajstić information content (AvgIpc) is 3.71. The van der Waals surface area contributed by atoms with Crippen LogP contribution in [0.3, 0.4) is 0 Å². The van der Waals surface area contributed by atoms with E-state index in [9.17, 15) is 4.79 Å². The molecule has 0 aliphatic carbocycles. The monoisotopic (exact) mass is 505 g/mol. The maximum Gasteiger partial charge on any atom is 0.349 e. The van der Waals surface area contributed by atoms with Gasteiger partial charge in [-0.2, -0.15) is 15.2 Å². The van der Waals surface area contributed by atoms with Crippen molar-refractivity contribution in [3.63, 3.8) is 0 Å². The maximum atomic E-state index is 13.5. The van der Waals surface area contributed by atoms with Gasteiger partial charge in [0.05, 0.1) is 12.3 Å². The summed E-state index contributed by atoms with van der Waals surface area (Å²) < 4.78 is 17.3. The highest BCUT2D eigenvalue weighted by molar-refractivity contribution is 6.04. The Hall–Kier alpha value is -3.79. The Morgan fingerprint density at radius 3 is 2.59 bits per heavy atom. The number of hydrogen-bond acceptors (Lipinski definition) is 7. The SMILES string of the molecule is CC.CC.CCC1CC(n2c(=O)nc(-c3cnn(C)c3)c3oc4ccc(-n5cccn5)nc4c32)CCO1. The number of aromatic nitrogens is 7. The molecule has 1 saturated heterocycles. The van der Waals surface area contributed by atoms with E-state index >= 15 is 0 Å². The molecular formula is C27H35N7O3. The highest BCUT2D eigenvalue weighted by Crippen LogP contribution is 2.36. The normalized spacial score (nSPS) is 17.2. The van der Waals surface area contributed by atoms with Gasteiger partial charge >= 0.3 is 5.69 Å². The number of aryl methyl sites for hydroxylation is 1. The van der Waals surface area contributed by atoms with Crippen molar-refractivity contribution in [1.29, 1.82) is 0 Å².